The highest BCUT2D eigenvalue weighted by atomic mass is 16.4. The molecule has 2 aromatic carbocycles. The second-order valence-electron chi connectivity index (χ2n) is 4.17. The second kappa shape index (κ2) is 3.67. The van der Waals surface area contributed by atoms with Crippen LogP contribution in [0.3, 0.4) is 0 Å². The monoisotopic (exact) mass is 224 g/mol. The first-order chi connectivity index (χ1) is 8.24. The molecule has 1 heterocycles. The number of rotatable bonds is 1. The molecule has 0 fully saturated rings. The Labute approximate surface area is 99.1 Å². The van der Waals surface area contributed by atoms with E-state index in [-0.39, 0.29) is 5.75 Å². The molecule has 0 aliphatic heterocycles. The third-order valence-corrected chi connectivity index (χ3v) is 2.86. The first-order valence-electron chi connectivity index (χ1n) is 5.52. The molecule has 0 radical (unpaired) electrons. The van der Waals surface area contributed by atoms with Crippen molar-refractivity contribution in [3.05, 3.63) is 54.1 Å². The molecule has 0 bridgehead atoms. The summed E-state index contributed by atoms with van der Waals surface area (Å²) in [5.74, 6) is 0.961. The van der Waals surface area contributed by atoms with Crippen molar-refractivity contribution in [2.75, 3.05) is 0 Å². The maximum Gasteiger partial charge on any atom is 0.176 e. The summed E-state index contributed by atoms with van der Waals surface area (Å²) in [5, 5.41) is 10.6. The van der Waals surface area contributed by atoms with Crippen molar-refractivity contribution in [3.8, 4) is 17.1 Å². The topological polar surface area (TPSA) is 33.4 Å². The molecule has 0 atom stereocenters. The third-order valence-electron chi connectivity index (χ3n) is 2.86. The molecular weight excluding hydrogens is 212 g/mol. The number of phenolic OH excluding ortho intramolecular Hbond substituents is 1. The molecule has 0 aliphatic carbocycles. The number of aromatic hydroxyl groups is 1. The van der Waals surface area contributed by atoms with Gasteiger partial charge in [-0.05, 0) is 19.1 Å². The second-order valence-corrected chi connectivity index (χ2v) is 4.17. The van der Waals surface area contributed by atoms with Crippen molar-refractivity contribution >= 4 is 11.0 Å². The van der Waals surface area contributed by atoms with Crippen LogP contribution in [0.1, 0.15) is 5.56 Å². The quantitative estimate of drug-likeness (QED) is 0.674. The van der Waals surface area contributed by atoms with Crippen molar-refractivity contribution in [2.24, 2.45) is 0 Å². The van der Waals surface area contributed by atoms with Crippen molar-refractivity contribution in [3.63, 3.8) is 0 Å². The smallest absolute Gasteiger partial charge is 0.176 e. The number of benzene rings is 2. The van der Waals surface area contributed by atoms with Gasteiger partial charge in [0.1, 0.15) is 5.76 Å². The lowest BCUT2D eigenvalue weighted by Gasteiger charge is -1.96. The number of aryl methyl sites for hydroxylation is 1. The Morgan fingerprint density at radius 3 is 2.47 bits per heavy atom. The Hall–Kier alpha value is -2.22. The summed E-state index contributed by atoms with van der Waals surface area (Å²) < 4.78 is 5.67. The molecule has 3 rings (SSSR count). The van der Waals surface area contributed by atoms with Gasteiger partial charge in [0.15, 0.2) is 11.3 Å². The molecule has 84 valence electrons. The standard InChI is InChI=1S/C15H12O2/c1-10-5-7-11(8-6-10)14-9-12-3-2-4-13(16)15(12)17-14/h2-9,16H,1H3. The number of furan rings is 1. The number of hydrogen-bond acceptors (Lipinski definition) is 2. The van der Waals surface area contributed by atoms with Crippen molar-refractivity contribution in [1.82, 2.24) is 0 Å². The maximum atomic E-state index is 9.68. The van der Waals surface area contributed by atoms with Gasteiger partial charge in [-0.25, -0.2) is 0 Å². The van der Waals surface area contributed by atoms with E-state index in [2.05, 4.69) is 0 Å². The van der Waals surface area contributed by atoms with Crippen molar-refractivity contribution < 1.29 is 9.52 Å². The SMILES string of the molecule is Cc1ccc(-c2cc3cccc(O)c3o2)cc1. The Bertz CT molecular complexity index is 663. The van der Waals surface area contributed by atoms with Gasteiger partial charge in [0.25, 0.3) is 0 Å². The average molecular weight is 224 g/mol. The molecular formula is C15H12O2. The number of hydrogen-bond donors (Lipinski definition) is 1. The Morgan fingerprint density at radius 2 is 1.76 bits per heavy atom. The Kier molecular flexibility index (Phi) is 2.15. The minimum Gasteiger partial charge on any atom is -0.504 e. The first-order valence-corrected chi connectivity index (χ1v) is 5.52. The van der Waals surface area contributed by atoms with Crippen molar-refractivity contribution in [2.45, 2.75) is 6.92 Å². The van der Waals surface area contributed by atoms with Crippen LogP contribution in [0.4, 0.5) is 0 Å². The molecule has 17 heavy (non-hydrogen) atoms. The van der Waals surface area contributed by atoms with Gasteiger partial charge in [0.2, 0.25) is 0 Å². The zero-order chi connectivity index (χ0) is 11.8. The Morgan fingerprint density at radius 1 is 1.00 bits per heavy atom. The first kappa shape index (κ1) is 9.97. The molecule has 2 nitrogen and oxygen atoms in total. The summed E-state index contributed by atoms with van der Waals surface area (Å²) in [5.41, 5.74) is 2.78. The molecule has 0 saturated carbocycles. The summed E-state index contributed by atoms with van der Waals surface area (Å²) in [4.78, 5) is 0. The van der Waals surface area contributed by atoms with Gasteiger partial charge in [-0.2, -0.15) is 0 Å². The van der Waals surface area contributed by atoms with Crippen LogP contribution in [-0.2, 0) is 0 Å². The van der Waals surface area contributed by atoms with E-state index >= 15 is 0 Å². The van der Waals surface area contributed by atoms with E-state index in [0.717, 1.165) is 16.7 Å². The van der Waals surface area contributed by atoms with Crippen LogP contribution >= 0.6 is 0 Å². The highest BCUT2D eigenvalue weighted by Crippen LogP contribution is 2.32. The lowest BCUT2D eigenvalue weighted by Crippen LogP contribution is -1.74. The normalized spacial score (nSPS) is 10.9. The number of phenols is 1. The zero-order valence-corrected chi connectivity index (χ0v) is 9.47. The fourth-order valence-electron chi connectivity index (χ4n) is 1.91. The molecule has 0 spiro atoms. The van der Waals surface area contributed by atoms with E-state index in [4.69, 9.17) is 4.42 Å². The van der Waals surface area contributed by atoms with E-state index in [1.807, 2.05) is 49.4 Å². The minimum atomic E-state index is 0.181. The minimum absolute atomic E-state index is 0.181. The molecule has 2 heteroatoms. The summed E-state index contributed by atoms with van der Waals surface area (Å²) in [6.45, 7) is 2.05. The van der Waals surface area contributed by atoms with Gasteiger partial charge in [0.05, 0.1) is 0 Å². The van der Waals surface area contributed by atoms with E-state index in [0.29, 0.717) is 5.58 Å². The number of fused-ring (bicyclic) bond motifs is 1. The maximum absolute atomic E-state index is 9.68. The van der Waals surface area contributed by atoms with E-state index in [1.54, 1.807) is 6.07 Å². The summed E-state index contributed by atoms with van der Waals surface area (Å²) in [7, 11) is 0. The van der Waals surface area contributed by atoms with E-state index < -0.39 is 0 Å². The predicted octanol–water partition coefficient (Wildman–Crippen LogP) is 4.11. The van der Waals surface area contributed by atoms with Gasteiger partial charge >= 0.3 is 0 Å². The summed E-state index contributed by atoms with van der Waals surface area (Å²) in [6.07, 6.45) is 0. The number of para-hydroxylation sites is 1. The highest BCUT2D eigenvalue weighted by Gasteiger charge is 2.08. The van der Waals surface area contributed by atoms with Gasteiger partial charge in [-0.3, -0.25) is 0 Å². The van der Waals surface area contributed by atoms with Gasteiger partial charge in [-0.1, -0.05) is 42.0 Å². The summed E-state index contributed by atoms with van der Waals surface area (Å²) in [6, 6.07) is 15.4. The van der Waals surface area contributed by atoms with Crippen LogP contribution in [0, 0.1) is 6.92 Å². The lowest BCUT2D eigenvalue weighted by atomic mass is 10.1. The molecule has 0 aliphatic rings. The van der Waals surface area contributed by atoms with Crippen LogP contribution in [0.5, 0.6) is 5.75 Å². The summed E-state index contributed by atoms with van der Waals surface area (Å²) >= 11 is 0. The fraction of sp³-hybridized carbons (Fsp3) is 0.0667. The largest absolute Gasteiger partial charge is 0.504 e. The lowest BCUT2D eigenvalue weighted by molar-refractivity contribution is 0.466. The third kappa shape index (κ3) is 1.68. The van der Waals surface area contributed by atoms with Gasteiger partial charge in [-0.15, -0.1) is 0 Å². The molecule has 0 saturated heterocycles. The predicted molar refractivity (Wildman–Crippen MR) is 68.1 cm³/mol. The van der Waals surface area contributed by atoms with Crippen LogP contribution in [0.25, 0.3) is 22.3 Å². The molecule has 1 N–H and O–H groups in total. The average Bonchev–Trinajstić information content (AvgIpc) is 2.75. The van der Waals surface area contributed by atoms with Crippen LogP contribution < -0.4 is 0 Å². The molecule has 0 unspecified atom stereocenters. The van der Waals surface area contributed by atoms with E-state index in [9.17, 15) is 5.11 Å². The van der Waals surface area contributed by atoms with Crippen LogP contribution in [0.2, 0.25) is 0 Å². The van der Waals surface area contributed by atoms with Gasteiger partial charge in [0, 0.05) is 10.9 Å². The van der Waals surface area contributed by atoms with Crippen molar-refractivity contribution in [1.29, 1.82) is 0 Å². The molecule has 3 aromatic rings. The fourth-order valence-corrected chi connectivity index (χ4v) is 1.91. The van der Waals surface area contributed by atoms with Gasteiger partial charge < -0.3 is 9.52 Å². The zero-order valence-electron chi connectivity index (χ0n) is 9.47. The van der Waals surface area contributed by atoms with Crippen LogP contribution in [0.15, 0.2) is 52.9 Å². The van der Waals surface area contributed by atoms with E-state index in [1.165, 1.54) is 5.56 Å². The van der Waals surface area contributed by atoms with Crippen LogP contribution in [-0.4, -0.2) is 5.11 Å². The highest BCUT2D eigenvalue weighted by molar-refractivity contribution is 5.87. The molecule has 0 amide bonds. The molecule has 1 aromatic heterocycles. The Balaban J connectivity index is 2.18.